The average molecular weight is 260 g/mol. The third-order valence-corrected chi connectivity index (χ3v) is 3.27. The van der Waals surface area contributed by atoms with Crippen LogP contribution in [0.3, 0.4) is 0 Å². The Balaban J connectivity index is 4.95. The SMILES string of the molecule is C=C/C=C(P)/C(C)=C/C=C(C)/C(C)=C/C=C(C)C. The lowest BCUT2D eigenvalue weighted by Crippen LogP contribution is -1.80. The monoisotopic (exact) mass is 260 g/mol. The molecule has 0 fully saturated rings. The second-order valence-corrected chi connectivity index (χ2v) is 5.27. The summed E-state index contributed by atoms with van der Waals surface area (Å²) >= 11 is 0. The molecule has 1 atom stereocenters. The van der Waals surface area contributed by atoms with Gasteiger partial charge in [0.1, 0.15) is 0 Å². The molecule has 0 nitrogen and oxygen atoms in total. The Labute approximate surface area is 115 Å². The van der Waals surface area contributed by atoms with Gasteiger partial charge in [0.15, 0.2) is 0 Å². The van der Waals surface area contributed by atoms with E-state index < -0.39 is 0 Å². The Morgan fingerprint density at radius 1 is 0.722 bits per heavy atom. The van der Waals surface area contributed by atoms with Crippen molar-refractivity contribution in [3.63, 3.8) is 0 Å². The molecule has 0 aromatic rings. The van der Waals surface area contributed by atoms with E-state index in [-0.39, 0.29) is 0 Å². The van der Waals surface area contributed by atoms with Gasteiger partial charge in [0.25, 0.3) is 0 Å². The predicted molar refractivity (Wildman–Crippen MR) is 88.7 cm³/mol. The van der Waals surface area contributed by atoms with Crippen molar-refractivity contribution in [2.75, 3.05) is 0 Å². The summed E-state index contributed by atoms with van der Waals surface area (Å²) in [6.07, 6.45) is 12.4. The van der Waals surface area contributed by atoms with E-state index in [4.69, 9.17) is 0 Å². The van der Waals surface area contributed by atoms with Crippen LogP contribution in [-0.4, -0.2) is 0 Å². The number of hydrogen-bond donors (Lipinski definition) is 0. The van der Waals surface area contributed by atoms with E-state index in [1.165, 1.54) is 27.6 Å². The summed E-state index contributed by atoms with van der Waals surface area (Å²) in [6.45, 7) is 14.3. The summed E-state index contributed by atoms with van der Waals surface area (Å²) in [6, 6.07) is 0. The number of hydrogen-bond acceptors (Lipinski definition) is 0. The molecule has 1 heteroatoms. The van der Waals surface area contributed by atoms with E-state index in [9.17, 15) is 0 Å². The van der Waals surface area contributed by atoms with Crippen LogP contribution < -0.4 is 0 Å². The number of allylic oxidation sites excluding steroid dienone is 11. The maximum Gasteiger partial charge on any atom is -0.0274 e. The van der Waals surface area contributed by atoms with E-state index in [1.807, 2.05) is 6.08 Å². The van der Waals surface area contributed by atoms with Crippen molar-refractivity contribution < 1.29 is 0 Å². The summed E-state index contributed by atoms with van der Waals surface area (Å²) in [5, 5.41) is 1.17. The molecule has 0 bridgehead atoms. The third-order valence-electron chi connectivity index (χ3n) is 2.62. The topological polar surface area (TPSA) is 0 Å². The lowest BCUT2D eigenvalue weighted by molar-refractivity contribution is 1.32. The van der Waals surface area contributed by atoms with Crippen molar-refractivity contribution in [3.8, 4) is 0 Å². The van der Waals surface area contributed by atoms with Crippen LogP contribution in [-0.2, 0) is 0 Å². The third kappa shape index (κ3) is 7.25. The highest BCUT2D eigenvalue weighted by atomic mass is 31.0. The van der Waals surface area contributed by atoms with Crippen molar-refractivity contribution in [2.24, 2.45) is 0 Å². The molecule has 0 aromatic carbocycles. The molecule has 0 N–H and O–H groups in total. The first-order valence-corrected chi connectivity index (χ1v) is 6.72. The molecule has 0 amide bonds. The zero-order valence-corrected chi connectivity index (χ0v) is 13.4. The smallest absolute Gasteiger partial charge is 0.0274 e. The first-order chi connectivity index (χ1) is 8.38. The molecule has 0 rings (SSSR count). The maximum atomic E-state index is 3.70. The quantitative estimate of drug-likeness (QED) is 0.437. The fraction of sp³-hybridized carbons (Fsp3) is 0.294. The van der Waals surface area contributed by atoms with E-state index >= 15 is 0 Å². The molecule has 0 saturated carbocycles. The van der Waals surface area contributed by atoms with E-state index in [2.05, 4.69) is 74.7 Å². The van der Waals surface area contributed by atoms with Gasteiger partial charge in [-0.2, -0.15) is 0 Å². The fourth-order valence-corrected chi connectivity index (χ4v) is 1.39. The summed E-state index contributed by atoms with van der Waals surface area (Å²) in [4.78, 5) is 0. The van der Waals surface area contributed by atoms with Crippen molar-refractivity contribution in [1.82, 2.24) is 0 Å². The van der Waals surface area contributed by atoms with Crippen LogP contribution in [0.25, 0.3) is 0 Å². The fourth-order valence-electron chi connectivity index (χ4n) is 1.16. The molecule has 0 radical (unpaired) electrons. The lowest BCUT2D eigenvalue weighted by Gasteiger charge is -2.01. The summed E-state index contributed by atoms with van der Waals surface area (Å²) in [5.41, 5.74) is 5.12. The molecule has 0 heterocycles. The normalized spacial score (nSPS) is 14.6. The highest BCUT2D eigenvalue weighted by Crippen LogP contribution is 2.18. The summed E-state index contributed by atoms with van der Waals surface area (Å²) in [5.74, 6) is 0. The predicted octanol–water partition coefficient (Wildman–Crippen LogP) is 5.74. The van der Waals surface area contributed by atoms with Gasteiger partial charge in [-0.3, -0.25) is 0 Å². The van der Waals surface area contributed by atoms with Crippen LogP contribution in [0.1, 0.15) is 34.6 Å². The van der Waals surface area contributed by atoms with Gasteiger partial charge >= 0.3 is 0 Å². The van der Waals surface area contributed by atoms with Crippen molar-refractivity contribution in [2.45, 2.75) is 34.6 Å². The van der Waals surface area contributed by atoms with Gasteiger partial charge in [-0.25, -0.2) is 0 Å². The molecule has 98 valence electrons. The van der Waals surface area contributed by atoms with E-state index in [0.29, 0.717) is 0 Å². The van der Waals surface area contributed by atoms with Gasteiger partial charge in [-0.05, 0) is 56.7 Å². The van der Waals surface area contributed by atoms with Gasteiger partial charge in [-0.15, -0.1) is 9.24 Å². The molecule has 0 aromatic heterocycles. The van der Waals surface area contributed by atoms with Gasteiger partial charge in [-0.1, -0.05) is 48.6 Å². The minimum atomic E-state index is 1.17. The van der Waals surface area contributed by atoms with E-state index in [0.717, 1.165) is 0 Å². The largest absolute Gasteiger partial charge is 0.105 e. The van der Waals surface area contributed by atoms with Crippen molar-refractivity contribution in [3.05, 3.63) is 70.6 Å². The minimum absolute atomic E-state index is 1.17. The second-order valence-electron chi connectivity index (χ2n) is 4.65. The summed E-state index contributed by atoms with van der Waals surface area (Å²) in [7, 11) is 2.73. The molecule has 0 spiro atoms. The summed E-state index contributed by atoms with van der Waals surface area (Å²) < 4.78 is 0. The van der Waals surface area contributed by atoms with Crippen LogP contribution in [0.15, 0.2) is 70.6 Å². The first kappa shape index (κ1) is 16.9. The zero-order valence-electron chi connectivity index (χ0n) is 12.2. The molecular formula is C17H25P. The molecular weight excluding hydrogens is 235 g/mol. The molecule has 0 aliphatic heterocycles. The van der Waals surface area contributed by atoms with Crippen molar-refractivity contribution in [1.29, 1.82) is 0 Å². The lowest BCUT2D eigenvalue weighted by atomic mass is 10.1. The van der Waals surface area contributed by atoms with Gasteiger partial charge in [0, 0.05) is 0 Å². The Morgan fingerprint density at radius 3 is 1.61 bits per heavy atom. The molecule has 1 unspecified atom stereocenters. The zero-order chi connectivity index (χ0) is 14.1. The molecule has 0 saturated heterocycles. The Hall–Kier alpha value is -1.13. The van der Waals surface area contributed by atoms with E-state index in [1.54, 1.807) is 6.08 Å². The number of rotatable bonds is 5. The first-order valence-electron chi connectivity index (χ1n) is 6.14. The Kier molecular flexibility index (Phi) is 8.33. The Bertz CT molecular complexity index is 436. The molecule has 18 heavy (non-hydrogen) atoms. The molecule has 0 aliphatic rings. The second kappa shape index (κ2) is 8.89. The van der Waals surface area contributed by atoms with Crippen LogP contribution in [0.4, 0.5) is 0 Å². The maximum absolute atomic E-state index is 3.70. The highest BCUT2D eigenvalue weighted by molar-refractivity contribution is 7.23. The van der Waals surface area contributed by atoms with Gasteiger partial charge in [0.05, 0.1) is 0 Å². The van der Waals surface area contributed by atoms with Crippen LogP contribution >= 0.6 is 9.24 Å². The van der Waals surface area contributed by atoms with Crippen LogP contribution in [0, 0.1) is 0 Å². The average Bonchev–Trinajstić information content (AvgIpc) is 2.32. The Morgan fingerprint density at radius 2 is 1.17 bits per heavy atom. The molecule has 0 aliphatic carbocycles. The van der Waals surface area contributed by atoms with Crippen LogP contribution in [0.2, 0.25) is 0 Å². The van der Waals surface area contributed by atoms with Gasteiger partial charge < -0.3 is 0 Å². The van der Waals surface area contributed by atoms with Gasteiger partial charge in [0.2, 0.25) is 0 Å². The standard InChI is InChI=1S/C17H25P/c1-7-8-17(18)16(6)12-11-15(5)14(4)10-9-13(2)3/h7-12H,1,18H2,2-6H3/b14-10+,15-11+,16-12+,17-8-. The minimum Gasteiger partial charge on any atom is -0.105 e. The highest BCUT2D eigenvalue weighted by Gasteiger charge is 1.92. The van der Waals surface area contributed by atoms with Crippen molar-refractivity contribution >= 4 is 9.24 Å². The van der Waals surface area contributed by atoms with Crippen LogP contribution in [0.5, 0.6) is 0 Å².